The van der Waals surface area contributed by atoms with Gasteiger partial charge in [-0.05, 0) is 38.5 Å². The van der Waals surface area contributed by atoms with E-state index in [0.717, 1.165) is 34.0 Å². The first-order valence-electron chi connectivity index (χ1n) is 7.71. The van der Waals surface area contributed by atoms with Gasteiger partial charge in [0.15, 0.2) is 11.5 Å². The fourth-order valence-corrected chi connectivity index (χ4v) is 2.85. The van der Waals surface area contributed by atoms with Crippen LogP contribution in [0.1, 0.15) is 22.6 Å². The number of ether oxygens (including phenoxy) is 2. The molecule has 0 aliphatic heterocycles. The molecule has 0 aliphatic rings. The van der Waals surface area contributed by atoms with Crippen LogP contribution in [0.15, 0.2) is 29.0 Å². The molecule has 24 heavy (non-hydrogen) atoms. The molecule has 0 aliphatic carbocycles. The summed E-state index contributed by atoms with van der Waals surface area (Å²) >= 11 is 0. The van der Waals surface area contributed by atoms with E-state index in [-0.39, 0.29) is 0 Å². The lowest BCUT2D eigenvalue weighted by Crippen LogP contribution is -2.04. The average Bonchev–Trinajstić information content (AvgIpc) is 3.15. The monoisotopic (exact) mass is 327 g/mol. The molecule has 0 unspecified atom stereocenters. The van der Waals surface area contributed by atoms with Gasteiger partial charge in [0.1, 0.15) is 11.6 Å². The molecule has 126 valence electrons. The van der Waals surface area contributed by atoms with Crippen LogP contribution in [0.4, 0.5) is 0 Å². The number of hydrogen-bond acceptors (Lipinski definition) is 5. The van der Waals surface area contributed by atoms with E-state index >= 15 is 0 Å². The van der Waals surface area contributed by atoms with Crippen molar-refractivity contribution in [1.29, 1.82) is 0 Å². The Labute approximate surface area is 141 Å². The molecule has 6 heteroatoms. The van der Waals surface area contributed by atoms with Crippen molar-refractivity contribution >= 4 is 0 Å². The van der Waals surface area contributed by atoms with Gasteiger partial charge in [-0.15, -0.1) is 0 Å². The predicted molar refractivity (Wildman–Crippen MR) is 90.6 cm³/mol. The lowest BCUT2D eigenvalue weighted by atomic mass is 10.1. The Balaban J connectivity index is 2.10. The fourth-order valence-electron chi connectivity index (χ4n) is 2.85. The summed E-state index contributed by atoms with van der Waals surface area (Å²) in [5, 5.41) is 4.02. The second-order valence-corrected chi connectivity index (χ2v) is 5.73. The summed E-state index contributed by atoms with van der Waals surface area (Å²) in [4.78, 5) is 4.53. The van der Waals surface area contributed by atoms with Crippen molar-refractivity contribution in [2.75, 3.05) is 14.2 Å². The van der Waals surface area contributed by atoms with Crippen LogP contribution in [-0.4, -0.2) is 28.9 Å². The van der Waals surface area contributed by atoms with Crippen molar-refractivity contribution in [3.8, 4) is 22.9 Å². The number of methoxy groups -OCH3 is 2. The number of benzene rings is 1. The summed E-state index contributed by atoms with van der Waals surface area (Å²) in [6.45, 7) is 6.52. The summed E-state index contributed by atoms with van der Waals surface area (Å²) in [7, 11) is 3.27. The van der Waals surface area contributed by atoms with Crippen molar-refractivity contribution in [1.82, 2.24) is 14.7 Å². The molecule has 3 aromatic rings. The smallest absolute Gasteiger partial charge is 0.171 e. The highest BCUT2D eigenvalue weighted by Gasteiger charge is 2.18. The summed E-state index contributed by atoms with van der Waals surface area (Å²) in [6, 6.07) is 4.00. The molecule has 2 heterocycles. The van der Waals surface area contributed by atoms with Gasteiger partial charge in [0.2, 0.25) is 0 Å². The van der Waals surface area contributed by atoms with E-state index in [9.17, 15) is 0 Å². The van der Waals surface area contributed by atoms with Crippen LogP contribution in [0.2, 0.25) is 0 Å². The molecule has 0 radical (unpaired) electrons. The molecule has 0 fully saturated rings. The van der Waals surface area contributed by atoms with Gasteiger partial charge in [-0.1, -0.05) is 5.16 Å². The van der Waals surface area contributed by atoms with E-state index in [4.69, 9.17) is 14.0 Å². The molecule has 0 saturated carbocycles. The first kappa shape index (κ1) is 16.1. The van der Waals surface area contributed by atoms with Gasteiger partial charge >= 0.3 is 0 Å². The summed E-state index contributed by atoms with van der Waals surface area (Å²) < 4.78 is 18.3. The highest BCUT2D eigenvalue weighted by Crippen LogP contribution is 2.38. The van der Waals surface area contributed by atoms with E-state index in [0.29, 0.717) is 18.0 Å². The molecular formula is C18H21N3O3. The molecule has 3 rings (SSSR count). The minimum absolute atomic E-state index is 0.635. The standard InChI is InChI=1S/C18H21N3O3/c1-11-8-14(17(23-5)16(9-11)22-4)18-19-6-7-21(18)10-15-12(2)20-24-13(15)3/h6-9H,10H2,1-5H3. The second-order valence-electron chi connectivity index (χ2n) is 5.73. The van der Waals surface area contributed by atoms with E-state index in [1.807, 2.05) is 39.1 Å². The SMILES string of the molecule is COc1cc(C)cc(-c2nccn2Cc2c(C)noc2C)c1OC. The van der Waals surface area contributed by atoms with Crippen LogP contribution in [0.3, 0.4) is 0 Å². The number of aryl methyl sites for hydroxylation is 3. The van der Waals surface area contributed by atoms with Crippen LogP contribution in [-0.2, 0) is 6.54 Å². The molecule has 0 N–H and O–H groups in total. The van der Waals surface area contributed by atoms with Crippen molar-refractivity contribution in [3.05, 3.63) is 47.1 Å². The van der Waals surface area contributed by atoms with Crippen molar-refractivity contribution in [3.63, 3.8) is 0 Å². The van der Waals surface area contributed by atoms with E-state index in [1.165, 1.54) is 0 Å². The first-order valence-corrected chi connectivity index (χ1v) is 7.71. The first-order chi connectivity index (χ1) is 11.5. The second kappa shape index (κ2) is 6.39. The van der Waals surface area contributed by atoms with Crippen LogP contribution in [0.25, 0.3) is 11.4 Å². The summed E-state index contributed by atoms with van der Waals surface area (Å²) in [5.41, 5.74) is 3.93. The molecule has 0 spiro atoms. The highest BCUT2D eigenvalue weighted by atomic mass is 16.5. The lowest BCUT2D eigenvalue weighted by molar-refractivity contribution is 0.355. The maximum absolute atomic E-state index is 5.57. The third-order valence-corrected chi connectivity index (χ3v) is 4.09. The van der Waals surface area contributed by atoms with Crippen LogP contribution < -0.4 is 9.47 Å². The largest absolute Gasteiger partial charge is 0.493 e. The number of nitrogens with zero attached hydrogens (tertiary/aromatic N) is 3. The van der Waals surface area contributed by atoms with Gasteiger partial charge < -0.3 is 18.6 Å². The fraction of sp³-hybridized carbons (Fsp3) is 0.333. The zero-order valence-electron chi connectivity index (χ0n) is 14.6. The Bertz CT molecular complexity index is 845. The normalized spacial score (nSPS) is 10.9. The van der Waals surface area contributed by atoms with Gasteiger partial charge in [-0.3, -0.25) is 0 Å². The predicted octanol–water partition coefficient (Wildman–Crippen LogP) is 3.53. The van der Waals surface area contributed by atoms with Crippen molar-refractivity contribution in [2.24, 2.45) is 0 Å². The zero-order valence-corrected chi connectivity index (χ0v) is 14.6. The maximum atomic E-state index is 5.57. The lowest BCUT2D eigenvalue weighted by Gasteiger charge is -2.15. The van der Waals surface area contributed by atoms with E-state index in [1.54, 1.807) is 20.4 Å². The molecule has 6 nitrogen and oxygen atoms in total. The van der Waals surface area contributed by atoms with Gasteiger partial charge in [0.25, 0.3) is 0 Å². The van der Waals surface area contributed by atoms with Gasteiger partial charge in [-0.25, -0.2) is 4.98 Å². The van der Waals surface area contributed by atoms with Gasteiger partial charge in [0.05, 0.1) is 32.0 Å². The molecule has 0 bridgehead atoms. The Morgan fingerprint density at radius 3 is 2.54 bits per heavy atom. The molecule has 0 amide bonds. The van der Waals surface area contributed by atoms with E-state index in [2.05, 4.69) is 14.7 Å². The number of rotatable bonds is 5. The Hall–Kier alpha value is -2.76. The van der Waals surface area contributed by atoms with Crippen LogP contribution in [0, 0.1) is 20.8 Å². The van der Waals surface area contributed by atoms with Gasteiger partial charge in [-0.2, -0.15) is 0 Å². The number of hydrogen-bond donors (Lipinski definition) is 0. The highest BCUT2D eigenvalue weighted by molar-refractivity contribution is 5.70. The van der Waals surface area contributed by atoms with Crippen LogP contribution in [0.5, 0.6) is 11.5 Å². The molecule has 0 saturated heterocycles. The van der Waals surface area contributed by atoms with Crippen molar-refractivity contribution < 1.29 is 14.0 Å². The molecule has 0 atom stereocenters. The van der Waals surface area contributed by atoms with Crippen LogP contribution >= 0.6 is 0 Å². The summed E-state index contributed by atoms with van der Waals surface area (Å²) in [5.74, 6) is 3.00. The molecular weight excluding hydrogens is 306 g/mol. The number of imidazole rings is 1. The van der Waals surface area contributed by atoms with Crippen molar-refractivity contribution in [2.45, 2.75) is 27.3 Å². The average molecular weight is 327 g/mol. The minimum atomic E-state index is 0.635. The number of aromatic nitrogens is 3. The quantitative estimate of drug-likeness (QED) is 0.717. The Kier molecular flexibility index (Phi) is 4.29. The maximum Gasteiger partial charge on any atom is 0.171 e. The third-order valence-electron chi connectivity index (χ3n) is 4.09. The third kappa shape index (κ3) is 2.75. The minimum Gasteiger partial charge on any atom is -0.493 e. The van der Waals surface area contributed by atoms with Gasteiger partial charge in [0, 0.05) is 18.0 Å². The topological polar surface area (TPSA) is 62.3 Å². The molecule has 1 aromatic carbocycles. The summed E-state index contributed by atoms with van der Waals surface area (Å²) in [6.07, 6.45) is 3.72. The Morgan fingerprint density at radius 2 is 1.92 bits per heavy atom. The Morgan fingerprint density at radius 1 is 1.12 bits per heavy atom. The van der Waals surface area contributed by atoms with E-state index < -0.39 is 0 Å². The molecule has 2 aromatic heterocycles. The zero-order chi connectivity index (χ0) is 17.3.